The highest BCUT2D eigenvalue weighted by Crippen LogP contribution is 2.30. The fourth-order valence-electron chi connectivity index (χ4n) is 2.29. The van der Waals surface area contributed by atoms with Crippen LogP contribution in [0.3, 0.4) is 0 Å². The van der Waals surface area contributed by atoms with Crippen LogP contribution in [0.4, 0.5) is 0 Å². The minimum Gasteiger partial charge on any atom is -0.300 e. The van der Waals surface area contributed by atoms with E-state index in [0.29, 0.717) is 11.7 Å². The molecule has 1 aliphatic rings. The van der Waals surface area contributed by atoms with Gasteiger partial charge < -0.3 is 0 Å². The number of hydrogen-bond donors (Lipinski definition) is 0. The predicted octanol–water partition coefficient (Wildman–Crippen LogP) is 3.69. The Balaban J connectivity index is 1.78. The van der Waals surface area contributed by atoms with Crippen LogP contribution < -0.4 is 0 Å². The summed E-state index contributed by atoms with van der Waals surface area (Å²) < 4.78 is 0. The van der Waals surface area contributed by atoms with E-state index in [1.54, 1.807) is 0 Å². The van der Waals surface area contributed by atoms with Gasteiger partial charge in [0.1, 0.15) is 5.78 Å². The second-order valence-corrected chi connectivity index (χ2v) is 4.97. The molecule has 1 fully saturated rings. The molecular formula is C15H20O. The molecule has 1 aromatic rings. The number of carbonyl (C=O) groups excluding carboxylic acids is 1. The van der Waals surface area contributed by atoms with Crippen molar-refractivity contribution in [2.75, 3.05) is 0 Å². The molecule has 16 heavy (non-hydrogen) atoms. The van der Waals surface area contributed by atoms with Gasteiger partial charge in [0.15, 0.2) is 0 Å². The van der Waals surface area contributed by atoms with Crippen LogP contribution in [-0.4, -0.2) is 5.78 Å². The lowest BCUT2D eigenvalue weighted by molar-refractivity contribution is -0.120. The highest BCUT2D eigenvalue weighted by molar-refractivity contribution is 5.79. The normalized spacial score (nSPS) is 15.8. The van der Waals surface area contributed by atoms with Gasteiger partial charge in [0.25, 0.3) is 0 Å². The summed E-state index contributed by atoms with van der Waals surface area (Å²) in [5.74, 6) is 1.16. The maximum Gasteiger partial charge on any atom is 0.133 e. The van der Waals surface area contributed by atoms with Crippen molar-refractivity contribution in [2.24, 2.45) is 5.92 Å². The van der Waals surface area contributed by atoms with Crippen LogP contribution in [0.1, 0.15) is 43.2 Å². The lowest BCUT2D eigenvalue weighted by Crippen LogP contribution is -2.16. The summed E-state index contributed by atoms with van der Waals surface area (Å²) in [6.07, 6.45) is 6.34. The van der Waals surface area contributed by atoms with Gasteiger partial charge in [-0.05, 0) is 30.4 Å². The SMILES string of the molecule is Cc1ccccc1CCC(=O)CC1CCC1. The Morgan fingerprint density at radius 1 is 1.31 bits per heavy atom. The summed E-state index contributed by atoms with van der Waals surface area (Å²) in [7, 11) is 0. The lowest BCUT2D eigenvalue weighted by Gasteiger charge is -2.24. The quantitative estimate of drug-likeness (QED) is 0.733. The van der Waals surface area contributed by atoms with E-state index in [1.165, 1.54) is 30.4 Å². The van der Waals surface area contributed by atoms with Crippen LogP contribution in [0.25, 0.3) is 0 Å². The average molecular weight is 216 g/mol. The first kappa shape index (κ1) is 11.4. The number of Topliss-reactive ketones (excluding diaryl/α,β-unsaturated/α-hetero) is 1. The molecule has 0 atom stereocenters. The highest BCUT2D eigenvalue weighted by atomic mass is 16.1. The Hall–Kier alpha value is -1.11. The van der Waals surface area contributed by atoms with Gasteiger partial charge in [0, 0.05) is 12.8 Å². The third kappa shape index (κ3) is 2.94. The molecule has 0 spiro atoms. The van der Waals surface area contributed by atoms with E-state index in [9.17, 15) is 4.79 Å². The lowest BCUT2D eigenvalue weighted by atomic mass is 9.81. The summed E-state index contributed by atoms with van der Waals surface area (Å²) in [6, 6.07) is 8.35. The molecule has 0 bridgehead atoms. The molecular weight excluding hydrogens is 196 g/mol. The third-order valence-corrected chi connectivity index (χ3v) is 3.68. The van der Waals surface area contributed by atoms with Crippen molar-refractivity contribution < 1.29 is 4.79 Å². The monoisotopic (exact) mass is 216 g/mol. The first-order chi connectivity index (χ1) is 7.75. The molecule has 1 saturated carbocycles. The van der Waals surface area contributed by atoms with Gasteiger partial charge in [-0.1, -0.05) is 43.5 Å². The number of carbonyl (C=O) groups is 1. The molecule has 0 heterocycles. The van der Waals surface area contributed by atoms with Gasteiger partial charge in [-0.15, -0.1) is 0 Å². The minimum atomic E-state index is 0.452. The van der Waals surface area contributed by atoms with Gasteiger partial charge in [-0.25, -0.2) is 0 Å². The van der Waals surface area contributed by atoms with Crippen molar-refractivity contribution >= 4 is 5.78 Å². The van der Waals surface area contributed by atoms with E-state index in [-0.39, 0.29) is 0 Å². The molecule has 1 nitrogen and oxygen atoms in total. The fraction of sp³-hybridized carbons (Fsp3) is 0.533. The highest BCUT2D eigenvalue weighted by Gasteiger charge is 2.20. The van der Waals surface area contributed by atoms with Gasteiger partial charge in [0.2, 0.25) is 0 Å². The number of ketones is 1. The molecule has 0 radical (unpaired) electrons. The second kappa shape index (κ2) is 5.29. The van der Waals surface area contributed by atoms with Gasteiger partial charge in [0.05, 0.1) is 0 Å². The van der Waals surface area contributed by atoms with Crippen LogP contribution in [0, 0.1) is 12.8 Å². The van der Waals surface area contributed by atoms with Crippen LogP contribution in [0.2, 0.25) is 0 Å². The molecule has 0 unspecified atom stereocenters. The van der Waals surface area contributed by atoms with Crippen molar-refractivity contribution in [2.45, 2.75) is 45.4 Å². The van der Waals surface area contributed by atoms with E-state index in [1.807, 2.05) is 0 Å². The Bertz CT molecular complexity index is 363. The Labute approximate surface area is 97.9 Å². The predicted molar refractivity (Wildman–Crippen MR) is 66.5 cm³/mol. The van der Waals surface area contributed by atoms with Crippen molar-refractivity contribution in [1.29, 1.82) is 0 Å². The summed E-state index contributed by atoms with van der Waals surface area (Å²) in [4.78, 5) is 11.7. The van der Waals surface area contributed by atoms with Crippen molar-refractivity contribution in [3.63, 3.8) is 0 Å². The van der Waals surface area contributed by atoms with Crippen molar-refractivity contribution in [3.8, 4) is 0 Å². The Morgan fingerprint density at radius 3 is 2.69 bits per heavy atom. The van der Waals surface area contributed by atoms with Crippen molar-refractivity contribution in [1.82, 2.24) is 0 Å². The largest absolute Gasteiger partial charge is 0.300 e. The maximum atomic E-state index is 11.7. The van der Waals surface area contributed by atoms with Gasteiger partial charge >= 0.3 is 0 Å². The maximum absolute atomic E-state index is 11.7. The van der Waals surface area contributed by atoms with Gasteiger partial charge in [-0.2, -0.15) is 0 Å². The second-order valence-electron chi connectivity index (χ2n) is 4.97. The standard InChI is InChI=1S/C15H20O/c1-12-5-2-3-8-14(12)9-10-15(16)11-13-6-4-7-13/h2-3,5,8,13H,4,6-7,9-11H2,1H3. The zero-order valence-electron chi connectivity index (χ0n) is 10.0. The molecule has 0 saturated heterocycles. The number of rotatable bonds is 5. The van der Waals surface area contributed by atoms with Crippen LogP contribution in [0.5, 0.6) is 0 Å². The molecule has 1 aromatic carbocycles. The van der Waals surface area contributed by atoms with E-state index < -0.39 is 0 Å². The Morgan fingerprint density at radius 2 is 2.06 bits per heavy atom. The van der Waals surface area contributed by atoms with Crippen LogP contribution in [0.15, 0.2) is 24.3 Å². The average Bonchev–Trinajstić information content (AvgIpc) is 2.22. The van der Waals surface area contributed by atoms with Crippen molar-refractivity contribution in [3.05, 3.63) is 35.4 Å². The minimum absolute atomic E-state index is 0.452. The molecule has 1 heteroatoms. The molecule has 2 rings (SSSR count). The van der Waals surface area contributed by atoms with E-state index in [4.69, 9.17) is 0 Å². The smallest absolute Gasteiger partial charge is 0.133 e. The summed E-state index contributed by atoms with van der Waals surface area (Å²) >= 11 is 0. The summed E-state index contributed by atoms with van der Waals surface area (Å²) in [5, 5.41) is 0. The zero-order chi connectivity index (χ0) is 11.4. The summed E-state index contributed by atoms with van der Waals surface area (Å²) in [6.45, 7) is 2.12. The molecule has 0 aromatic heterocycles. The van der Waals surface area contributed by atoms with Gasteiger partial charge in [-0.3, -0.25) is 4.79 Å². The Kier molecular flexibility index (Phi) is 3.76. The van der Waals surface area contributed by atoms with E-state index >= 15 is 0 Å². The first-order valence-electron chi connectivity index (χ1n) is 6.32. The molecule has 0 N–H and O–H groups in total. The van der Waals surface area contributed by atoms with E-state index in [2.05, 4.69) is 31.2 Å². The fourth-order valence-corrected chi connectivity index (χ4v) is 2.29. The molecule has 0 aliphatic heterocycles. The van der Waals surface area contributed by atoms with Crippen LogP contribution >= 0.6 is 0 Å². The summed E-state index contributed by atoms with van der Waals surface area (Å²) in [5.41, 5.74) is 2.63. The van der Waals surface area contributed by atoms with E-state index in [0.717, 1.165) is 19.3 Å². The molecule has 1 aliphatic carbocycles. The molecule has 0 amide bonds. The van der Waals surface area contributed by atoms with Crippen LogP contribution in [-0.2, 0) is 11.2 Å². The number of hydrogen-bond acceptors (Lipinski definition) is 1. The third-order valence-electron chi connectivity index (χ3n) is 3.68. The molecule has 86 valence electrons. The first-order valence-corrected chi connectivity index (χ1v) is 6.32. The zero-order valence-corrected chi connectivity index (χ0v) is 10.0. The number of benzene rings is 1. The number of aryl methyl sites for hydroxylation is 2. The topological polar surface area (TPSA) is 17.1 Å².